The minimum Gasteiger partial charge on any atom is -0.379 e. The maximum Gasteiger partial charge on any atom is 0.0594 e. The molecule has 0 aliphatic rings. The van der Waals surface area contributed by atoms with Crippen LogP contribution in [0.25, 0.3) is 0 Å². The van der Waals surface area contributed by atoms with Gasteiger partial charge in [0.1, 0.15) is 0 Å². The van der Waals surface area contributed by atoms with Crippen molar-refractivity contribution in [1.29, 1.82) is 0 Å². The molecule has 1 aromatic heterocycles. The Labute approximate surface area is 109 Å². The molecule has 0 aliphatic carbocycles. The topological polar surface area (TPSA) is 24.9 Å². The smallest absolute Gasteiger partial charge is 0.0594 e. The maximum absolute atomic E-state index is 4.36. The molecule has 1 aromatic carbocycles. The molecule has 3 heteroatoms. The Morgan fingerprint density at radius 1 is 1.19 bits per heavy atom. The number of hydrogen-bond acceptors (Lipinski definition) is 2. The van der Waals surface area contributed by atoms with Gasteiger partial charge in [-0.2, -0.15) is 0 Å². The highest BCUT2D eigenvalue weighted by atomic mass is 127. The normalized spacial score (nSPS) is 10.1. The van der Waals surface area contributed by atoms with Gasteiger partial charge < -0.3 is 5.32 Å². The molecule has 0 fully saturated rings. The van der Waals surface area contributed by atoms with Gasteiger partial charge >= 0.3 is 0 Å². The van der Waals surface area contributed by atoms with Crippen molar-refractivity contribution >= 4 is 28.3 Å². The van der Waals surface area contributed by atoms with Gasteiger partial charge in [0.15, 0.2) is 0 Å². The highest BCUT2D eigenvalue weighted by Crippen LogP contribution is 2.17. The SMILES string of the molecule is Cc1ccc(CNc2ccccc2I)nc1. The number of halogens is 1. The van der Waals surface area contributed by atoms with Gasteiger partial charge in [-0.3, -0.25) is 4.98 Å². The van der Waals surface area contributed by atoms with E-state index < -0.39 is 0 Å². The van der Waals surface area contributed by atoms with Gasteiger partial charge in [0, 0.05) is 15.5 Å². The molecular formula is C13H13IN2. The van der Waals surface area contributed by atoms with E-state index in [0.717, 1.165) is 17.9 Å². The fraction of sp³-hybridized carbons (Fsp3) is 0.154. The van der Waals surface area contributed by atoms with Crippen molar-refractivity contribution in [1.82, 2.24) is 4.98 Å². The molecule has 0 unspecified atom stereocenters. The van der Waals surface area contributed by atoms with Crippen LogP contribution < -0.4 is 5.32 Å². The van der Waals surface area contributed by atoms with Gasteiger partial charge in [0.25, 0.3) is 0 Å². The van der Waals surface area contributed by atoms with Crippen LogP contribution in [-0.4, -0.2) is 4.98 Å². The summed E-state index contributed by atoms with van der Waals surface area (Å²) < 4.78 is 1.23. The predicted octanol–water partition coefficient (Wildman–Crippen LogP) is 3.61. The lowest BCUT2D eigenvalue weighted by Gasteiger charge is -2.07. The summed E-state index contributed by atoms with van der Waals surface area (Å²) in [5.74, 6) is 0. The van der Waals surface area contributed by atoms with Crippen LogP contribution in [0.5, 0.6) is 0 Å². The first-order valence-electron chi connectivity index (χ1n) is 5.15. The molecule has 0 radical (unpaired) electrons. The third kappa shape index (κ3) is 2.95. The molecule has 0 aliphatic heterocycles. The standard InChI is InChI=1S/C13H13IN2/c1-10-6-7-11(15-8-10)9-16-13-5-3-2-4-12(13)14/h2-8,16H,9H2,1H3. The first-order valence-corrected chi connectivity index (χ1v) is 6.23. The van der Waals surface area contributed by atoms with Crippen LogP contribution >= 0.6 is 22.6 Å². The number of nitrogens with zero attached hydrogens (tertiary/aromatic N) is 1. The number of benzene rings is 1. The second-order valence-corrected chi connectivity index (χ2v) is 4.82. The molecule has 0 amide bonds. The lowest BCUT2D eigenvalue weighted by atomic mass is 10.2. The van der Waals surface area contributed by atoms with Crippen LogP contribution in [0.1, 0.15) is 11.3 Å². The second-order valence-electron chi connectivity index (χ2n) is 3.66. The maximum atomic E-state index is 4.36. The molecule has 0 spiro atoms. The quantitative estimate of drug-likeness (QED) is 0.873. The van der Waals surface area contributed by atoms with Gasteiger partial charge in [-0.05, 0) is 53.3 Å². The fourth-order valence-corrected chi connectivity index (χ4v) is 1.97. The third-order valence-corrected chi connectivity index (χ3v) is 3.25. The number of anilines is 1. The van der Waals surface area contributed by atoms with Crippen molar-refractivity contribution < 1.29 is 0 Å². The zero-order chi connectivity index (χ0) is 11.4. The minimum atomic E-state index is 0.764. The van der Waals surface area contributed by atoms with E-state index in [4.69, 9.17) is 0 Å². The molecule has 0 saturated heterocycles. The Balaban J connectivity index is 2.02. The van der Waals surface area contributed by atoms with Crippen LogP contribution in [0.2, 0.25) is 0 Å². The van der Waals surface area contributed by atoms with E-state index in [1.54, 1.807) is 0 Å². The monoisotopic (exact) mass is 324 g/mol. The molecule has 0 atom stereocenters. The van der Waals surface area contributed by atoms with Crippen LogP contribution in [-0.2, 0) is 6.54 Å². The zero-order valence-corrected chi connectivity index (χ0v) is 11.2. The lowest BCUT2D eigenvalue weighted by molar-refractivity contribution is 1.03. The zero-order valence-electron chi connectivity index (χ0n) is 9.07. The lowest BCUT2D eigenvalue weighted by Crippen LogP contribution is -2.02. The van der Waals surface area contributed by atoms with E-state index in [-0.39, 0.29) is 0 Å². The second kappa shape index (κ2) is 5.30. The van der Waals surface area contributed by atoms with E-state index in [2.05, 4.69) is 57.2 Å². The van der Waals surface area contributed by atoms with Crippen LogP contribution in [0.3, 0.4) is 0 Å². The van der Waals surface area contributed by atoms with E-state index in [0.29, 0.717) is 0 Å². The molecule has 2 rings (SSSR count). The first kappa shape index (κ1) is 11.4. The molecule has 2 aromatic rings. The van der Waals surface area contributed by atoms with Gasteiger partial charge in [-0.15, -0.1) is 0 Å². The van der Waals surface area contributed by atoms with Crippen LogP contribution in [0.15, 0.2) is 42.6 Å². The molecule has 0 bridgehead atoms. The van der Waals surface area contributed by atoms with Crippen LogP contribution in [0, 0.1) is 10.5 Å². The number of pyridine rings is 1. The molecule has 0 saturated carbocycles. The van der Waals surface area contributed by atoms with E-state index in [1.807, 2.05) is 25.3 Å². The highest BCUT2D eigenvalue weighted by molar-refractivity contribution is 14.1. The number of hydrogen-bond donors (Lipinski definition) is 1. The molecule has 2 nitrogen and oxygen atoms in total. The average molecular weight is 324 g/mol. The highest BCUT2D eigenvalue weighted by Gasteiger charge is 1.98. The minimum absolute atomic E-state index is 0.764. The summed E-state index contributed by atoms with van der Waals surface area (Å²) in [5, 5.41) is 3.38. The first-order chi connectivity index (χ1) is 7.75. The van der Waals surface area contributed by atoms with E-state index >= 15 is 0 Å². The third-order valence-electron chi connectivity index (χ3n) is 2.31. The Morgan fingerprint density at radius 3 is 2.69 bits per heavy atom. The van der Waals surface area contributed by atoms with Gasteiger partial charge in [0.2, 0.25) is 0 Å². The Hall–Kier alpha value is -1.10. The van der Waals surface area contributed by atoms with Crippen molar-refractivity contribution in [3.05, 3.63) is 57.4 Å². The van der Waals surface area contributed by atoms with Crippen molar-refractivity contribution in [2.45, 2.75) is 13.5 Å². The Morgan fingerprint density at radius 2 is 2.00 bits per heavy atom. The van der Waals surface area contributed by atoms with E-state index in [1.165, 1.54) is 9.13 Å². The summed E-state index contributed by atoms with van der Waals surface area (Å²) in [6.07, 6.45) is 1.90. The van der Waals surface area contributed by atoms with E-state index in [9.17, 15) is 0 Å². The fourth-order valence-electron chi connectivity index (χ4n) is 1.39. The van der Waals surface area contributed by atoms with Gasteiger partial charge in [0.05, 0.1) is 12.2 Å². The predicted molar refractivity (Wildman–Crippen MR) is 75.5 cm³/mol. The van der Waals surface area contributed by atoms with Crippen LogP contribution in [0.4, 0.5) is 5.69 Å². The molecule has 16 heavy (non-hydrogen) atoms. The number of aryl methyl sites for hydroxylation is 1. The van der Waals surface area contributed by atoms with Gasteiger partial charge in [-0.1, -0.05) is 18.2 Å². The summed E-state index contributed by atoms with van der Waals surface area (Å²) in [7, 11) is 0. The largest absolute Gasteiger partial charge is 0.379 e. The average Bonchev–Trinajstić information content (AvgIpc) is 2.30. The summed E-state index contributed by atoms with van der Waals surface area (Å²) in [5.41, 5.74) is 3.41. The van der Waals surface area contributed by atoms with Gasteiger partial charge in [-0.25, -0.2) is 0 Å². The number of para-hydroxylation sites is 1. The van der Waals surface area contributed by atoms with Crippen molar-refractivity contribution in [3.8, 4) is 0 Å². The number of nitrogens with one attached hydrogen (secondary N) is 1. The summed E-state index contributed by atoms with van der Waals surface area (Å²) in [4.78, 5) is 4.36. The van der Waals surface area contributed by atoms with Crippen molar-refractivity contribution in [2.75, 3.05) is 5.32 Å². The Kier molecular flexibility index (Phi) is 3.77. The summed E-state index contributed by atoms with van der Waals surface area (Å²) >= 11 is 2.33. The Bertz CT molecular complexity index is 466. The molecule has 1 N–H and O–H groups in total. The molecular weight excluding hydrogens is 311 g/mol. The summed E-state index contributed by atoms with van der Waals surface area (Å²) in [6, 6.07) is 12.4. The summed E-state index contributed by atoms with van der Waals surface area (Å²) in [6.45, 7) is 2.81. The van der Waals surface area contributed by atoms with Crippen molar-refractivity contribution in [2.24, 2.45) is 0 Å². The van der Waals surface area contributed by atoms with Crippen molar-refractivity contribution in [3.63, 3.8) is 0 Å². The number of aromatic nitrogens is 1. The number of rotatable bonds is 3. The molecule has 82 valence electrons. The molecule has 1 heterocycles.